The predicted octanol–water partition coefficient (Wildman–Crippen LogP) is 2.56. The lowest BCUT2D eigenvalue weighted by molar-refractivity contribution is 0.0691. The Bertz CT molecular complexity index is 479. The molecule has 3 rings (SSSR count). The van der Waals surface area contributed by atoms with Gasteiger partial charge in [-0.3, -0.25) is 0 Å². The van der Waals surface area contributed by atoms with Crippen LogP contribution in [0.15, 0.2) is 11.2 Å². The SMILES string of the molecule is CSc1nc2c(n1C)CC(OC1CC1)C=C2F. The first kappa shape index (κ1) is 11.3. The molecule has 1 atom stereocenters. The maximum Gasteiger partial charge on any atom is 0.168 e. The van der Waals surface area contributed by atoms with Crippen LogP contribution in [-0.2, 0) is 18.2 Å². The van der Waals surface area contributed by atoms with Gasteiger partial charge in [0.25, 0.3) is 0 Å². The number of nitrogens with zero attached hydrogens (tertiary/aromatic N) is 2. The summed E-state index contributed by atoms with van der Waals surface area (Å²) in [6.45, 7) is 0. The van der Waals surface area contributed by atoms with Crippen LogP contribution < -0.4 is 0 Å². The van der Waals surface area contributed by atoms with Crippen LogP contribution in [-0.4, -0.2) is 28.0 Å². The lowest BCUT2D eigenvalue weighted by Crippen LogP contribution is -2.20. The summed E-state index contributed by atoms with van der Waals surface area (Å²) in [6.07, 6.45) is 6.69. The van der Waals surface area contributed by atoms with Gasteiger partial charge in [-0.25, -0.2) is 9.37 Å². The van der Waals surface area contributed by atoms with Crippen molar-refractivity contribution in [2.75, 3.05) is 6.26 Å². The van der Waals surface area contributed by atoms with Gasteiger partial charge in [0.15, 0.2) is 5.16 Å². The number of hydrogen-bond donors (Lipinski definition) is 0. The lowest BCUT2D eigenvalue weighted by Gasteiger charge is -2.19. The van der Waals surface area contributed by atoms with E-state index in [9.17, 15) is 4.39 Å². The number of imidazole rings is 1. The Morgan fingerprint density at radius 1 is 1.53 bits per heavy atom. The molecule has 0 N–H and O–H groups in total. The highest BCUT2D eigenvalue weighted by Gasteiger charge is 2.31. The zero-order chi connectivity index (χ0) is 12.0. The van der Waals surface area contributed by atoms with Gasteiger partial charge >= 0.3 is 0 Å². The first-order valence-corrected chi connectivity index (χ1v) is 7.04. The van der Waals surface area contributed by atoms with Crippen molar-refractivity contribution in [3.63, 3.8) is 0 Å². The van der Waals surface area contributed by atoms with Crippen molar-refractivity contribution in [1.29, 1.82) is 0 Å². The molecule has 1 aromatic rings. The molecular weight excluding hydrogens is 239 g/mol. The Hall–Kier alpha value is -0.810. The fraction of sp³-hybridized carbons (Fsp3) is 0.583. The molecule has 1 saturated carbocycles. The van der Waals surface area contributed by atoms with Gasteiger partial charge in [0, 0.05) is 13.5 Å². The number of hydrogen-bond acceptors (Lipinski definition) is 3. The van der Waals surface area contributed by atoms with E-state index >= 15 is 0 Å². The molecule has 17 heavy (non-hydrogen) atoms. The summed E-state index contributed by atoms with van der Waals surface area (Å²) in [5, 5.41) is 0.852. The van der Waals surface area contributed by atoms with Crippen molar-refractivity contribution in [2.45, 2.75) is 36.6 Å². The smallest absolute Gasteiger partial charge is 0.168 e. The molecule has 1 aromatic heterocycles. The summed E-state index contributed by atoms with van der Waals surface area (Å²) >= 11 is 1.54. The predicted molar refractivity (Wildman–Crippen MR) is 65.7 cm³/mol. The molecule has 2 aliphatic carbocycles. The Morgan fingerprint density at radius 3 is 2.94 bits per heavy atom. The van der Waals surface area contributed by atoms with Crippen LogP contribution in [0.1, 0.15) is 24.2 Å². The molecule has 2 aliphatic rings. The molecule has 3 nitrogen and oxygen atoms in total. The topological polar surface area (TPSA) is 27.1 Å². The van der Waals surface area contributed by atoms with E-state index in [0.29, 0.717) is 11.8 Å². The average Bonchev–Trinajstić information content (AvgIpc) is 3.04. The summed E-state index contributed by atoms with van der Waals surface area (Å²) in [6, 6.07) is 0. The van der Waals surface area contributed by atoms with Gasteiger partial charge in [-0.2, -0.15) is 0 Å². The molecule has 0 aromatic carbocycles. The van der Waals surface area contributed by atoms with Crippen molar-refractivity contribution in [1.82, 2.24) is 9.55 Å². The first-order chi connectivity index (χ1) is 8.19. The zero-order valence-electron chi connectivity index (χ0n) is 9.94. The number of thioether (sulfide) groups is 1. The van der Waals surface area contributed by atoms with Gasteiger partial charge in [0.2, 0.25) is 0 Å². The Morgan fingerprint density at radius 2 is 2.29 bits per heavy atom. The second kappa shape index (κ2) is 4.14. The Kier molecular flexibility index (Phi) is 2.75. The molecule has 1 unspecified atom stereocenters. The number of rotatable bonds is 3. The maximum absolute atomic E-state index is 13.9. The van der Waals surface area contributed by atoms with E-state index in [1.54, 1.807) is 6.08 Å². The summed E-state index contributed by atoms with van der Waals surface area (Å²) < 4.78 is 21.7. The molecule has 0 aliphatic heterocycles. The quantitative estimate of drug-likeness (QED) is 0.776. The van der Waals surface area contributed by atoms with E-state index in [-0.39, 0.29) is 11.9 Å². The van der Waals surface area contributed by atoms with Crippen molar-refractivity contribution in [2.24, 2.45) is 7.05 Å². The number of fused-ring (bicyclic) bond motifs is 1. The van der Waals surface area contributed by atoms with Crippen LogP contribution in [0.4, 0.5) is 4.39 Å². The van der Waals surface area contributed by atoms with Crippen LogP contribution >= 0.6 is 11.8 Å². The molecule has 5 heteroatoms. The van der Waals surface area contributed by atoms with Crippen LogP contribution in [0.3, 0.4) is 0 Å². The molecule has 0 spiro atoms. The molecule has 0 amide bonds. The average molecular weight is 254 g/mol. The van der Waals surface area contributed by atoms with Gasteiger partial charge in [0.05, 0.1) is 17.9 Å². The van der Waals surface area contributed by atoms with Crippen molar-refractivity contribution in [3.05, 3.63) is 17.5 Å². The summed E-state index contributed by atoms with van der Waals surface area (Å²) in [4.78, 5) is 4.31. The molecule has 0 saturated heterocycles. The van der Waals surface area contributed by atoms with E-state index in [1.807, 2.05) is 17.9 Å². The van der Waals surface area contributed by atoms with Gasteiger partial charge in [-0.1, -0.05) is 11.8 Å². The normalized spacial score (nSPS) is 23.5. The second-order valence-electron chi connectivity index (χ2n) is 4.55. The van der Waals surface area contributed by atoms with Gasteiger partial charge < -0.3 is 9.30 Å². The van der Waals surface area contributed by atoms with E-state index in [1.165, 1.54) is 11.8 Å². The number of aromatic nitrogens is 2. The molecule has 92 valence electrons. The minimum absolute atomic E-state index is 0.125. The molecular formula is C12H15FN2OS. The molecule has 0 bridgehead atoms. The summed E-state index contributed by atoms with van der Waals surface area (Å²) in [5.41, 5.74) is 1.44. The highest BCUT2D eigenvalue weighted by Crippen LogP contribution is 2.33. The number of ether oxygens (including phenoxy) is 1. The van der Waals surface area contributed by atoms with Gasteiger partial charge in [0.1, 0.15) is 11.5 Å². The van der Waals surface area contributed by atoms with Crippen LogP contribution in [0.25, 0.3) is 5.83 Å². The van der Waals surface area contributed by atoms with Crippen LogP contribution in [0.5, 0.6) is 0 Å². The number of halogens is 1. The summed E-state index contributed by atoms with van der Waals surface area (Å²) in [7, 11) is 1.93. The third kappa shape index (κ3) is 2.02. The van der Waals surface area contributed by atoms with E-state index in [2.05, 4.69) is 4.98 Å². The standard InChI is InChI=1S/C12H15FN2OS/c1-15-10-6-8(16-7-3-4-7)5-9(13)11(10)14-12(15)17-2/h5,7-8H,3-4,6H2,1-2H3. The first-order valence-electron chi connectivity index (χ1n) is 5.81. The third-order valence-corrected chi connectivity index (χ3v) is 3.93. The van der Waals surface area contributed by atoms with E-state index in [0.717, 1.165) is 30.1 Å². The largest absolute Gasteiger partial charge is 0.370 e. The highest BCUT2D eigenvalue weighted by molar-refractivity contribution is 7.98. The fourth-order valence-corrected chi connectivity index (χ4v) is 2.71. The van der Waals surface area contributed by atoms with Crippen LogP contribution in [0.2, 0.25) is 0 Å². The summed E-state index contributed by atoms with van der Waals surface area (Å²) in [5.74, 6) is -0.243. The van der Waals surface area contributed by atoms with E-state index < -0.39 is 0 Å². The maximum atomic E-state index is 13.9. The Labute approximate surface area is 104 Å². The Balaban J connectivity index is 1.90. The minimum Gasteiger partial charge on any atom is -0.370 e. The van der Waals surface area contributed by atoms with Gasteiger partial charge in [-0.05, 0) is 25.2 Å². The fourth-order valence-electron chi connectivity index (χ4n) is 2.15. The molecule has 1 fully saturated rings. The van der Waals surface area contributed by atoms with Crippen molar-refractivity contribution >= 4 is 17.6 Å². The zero-order valence-corrected chi connectivity index (χ0v) is 10.8. The monoisotopic (exact) mass is 254 g/mol. The van der Waals surface area contributed by atoms with E-state index in [4.69, 9.17) is 4.74 Å². The van der Waals surface area contributed by atoms with Gasteiger partial charge in [-0.15, -0.1) is 0 Å². The molecule has 1 heterocycles. The third-order valence-electron chi connectivity index (χ3n) is 3.20. The highest BCUT2D eigenvalue weighted by atomic mass is 32.2. The molecule has 0 radical (unpaired) electrons. The van der Waals surface area contributed by atoms with Crippen molar-refractivity contribution < 1.29 is 9.13 Å². The second-order valence-corrected chi connectivity index (χ2v) is 5.32. The van der Waals surface area contributed by atoms with Crippen molar-refractivity contribution in [3.8, 4) is 0 Å². The minimum atomic E-state index is -0.243. The lowest BCUT2D eigenvalue weighted by atomic mass is 10.0. The van der Waals surface area contributed by atoms with Crippen LogP contribution in [0, 0.1) is 0 Å².